The molecule has 1 aromatic rings. The molecule has 2 heterocycles. The van der Waals surface area contributed by atoms with Crippen molar-refractivity contribution >= 4 is 5.82 Å². The van der Waals surface area contributed by atoms with E-state index in [9.17, 15) is 0 Å². The molecule has 1 unspecified atom stereocenters. The van der Waals surface area contributed by atoms with Gasteiger partial charge in [-0.25, -0.2) is 4.68 Å². The van der Waals surface area contributed by atoms with Crippen molar-refractivity contribution in [3.63, 3.8) is 0 Å². The van der Waals surface area contributed by atoms with Gasteiger partial charge >= 0.3 is 0 Å². The fraction of sp³-hybridized carbons (Fsp3) is 0.571. The van der Waals surface area contributed by atoms with Crippen LogP contribution in [-0.2, 0) is 6.54 Å². The van der Waals surface area contributed by atoms with Gasteiger partial charge in [0.2, 0.25) is 0 Å². The molecule has 1 aliphatic heterocycles. The average Bonchev–Trinajstić information content (AvgIpc) is 2.35. The fourth-order valence-corrected chi connectivity index (χ4v) is 1.34. The van der Waals surface area contributed by atoms with Gasteiger partial charge in [0.15, 0.2) is 0 Å². The summed E-state index contributed by atoms with van der Waals surface area (Å²) in [7, 11) is 0. The third-order valence-corrected chi connectivity index (χ3v) is 1.85. The molecule has 54 valence electrons. The minimum atomic E-state index is 0.544. The van der Waals surface area contributed by atoms with Crippen molar-refractivity contribution in [2.45, 2.75) is 26.4 Å². The summed E-state index contributed by atoms with van der Waals surface area (Å²) in [6, 6.07) is 0.544. The Balaban J connectivity index is 2.44. The molecule has 0 amide bonds. The number of aromatic nitrogens is 2. The Morgan fingerprint density at radius 1 is 1.80 bits per heavy atom. The van der Waals surface area contributed by atoms with Crippen LogP contribution in [-0.4, -0.2) is 15.8 Å². The van der Waals surface area contributed by atoms with E-state index in [-0.39, 0.29) is 0 Å². The van der Waals surface area contributed by atoms with E-state index in [4.69, 9.17) is 0 Å². The maximum absolute atomic E-state index is 4.20. The van der Waals surface area contributed by atoms with E-state index >= 15 is 0 Å². The van der Waals surface area contributed by atoms with Gasteiger partial charge in [-0.15, -0.1) is 0 Å². The lowest BCUT2D eigenvalue weighted by Gasteiger charge is -1.99. The number of hydrogen-bond donors (Lipinski definition) is 1. The van der Waals surface area contributed by atoms with E-state index in [0.717, 1.165) is 6.54 Å². The minimum Gasteiger partial charge on any atom is -0.366 e. The molecule has 0 saturated heterocycles. The zero-order valence-electron chi connectivity index (χ0n) is 6.26. The van der Waals surface area contributed by atoms with Gasteiger partial charge < -0.3 is 5.32 Å². The summed E-state index contributed by atoms with van der Waals surface area (Å²) >= 11 is 0. The van der Waals surface area contributed by atoms with Crippen molar-refractivity contribution in [3.8, 4) is 0 Å². The van der Waals surface area contributed by atoms with Crippen molar-refractivity contribution in [1.82, 2.24) is 9.78 Å². The summed E-state index contributed by atoms with van der Waals surface area (Å²) in [4.78, 5) is 0. The van der Waals surface area contributed by atoms with E-state index in [1.54, 1.807) is 0 Å². The van der Waals surface area contributed by atoms with Crippen molar-refractivity contribution in [3.05, 3.63) is 11.8 Å². The predicted molar refractivity (Wildman–Crippen MR) is 40.0 cm³/mol. The Hall–Kier alpha value is -0.990. The first-order chi connectivity index (χ1) is 4.77. The topological polar surface area (TPSA) is 29.9 Å². The second kappa shape index (κ2) is 1.75. The molecule has 0 aliphatic carbocycles. The van der Waals surface area contributed by atoms with E-state index in [1.807, 2.05) is 10.9 Å². The monoisotopic (exact) mass is 137 g/mol. The Kier molecular flexibility index (Phi) is 1.01. The summed E-state index contributed by atoms with van der Waals surface area (Å²) in [5, 5.41) is 7.55. The van der Waals surface area contributed by atoms with Crippen LogP contribution in [0.1, 0.15) is 12.5 Å². The largest absolute Gasteiger partial charge is 0.366 e. The van der Waals surface area contributed by atoms with Crippen molar-refractivity contribution in [2.24, 2.45) is 0 Å². The molecular formula is C7H11N3. The van der Waals surface area contributed by atoms with Gasteiger partial charge in [0.25, 0.3) is 0 Å². The van der Waals surface area contributed by atoms with Crippen LogP contribution in [0.5, 0.6) is 0 Å². The highest BCUT2D eigenvalue weighted by atomic mass is 15.4. The highest BCUT2D eigenvalue weighted by molar-refractivity contribution is 5.46. The molecular weight excluding hydrogens is 126 g/mol. The molecule has 10 heavy (non-hydrogen) atoms. The van der Waals surface area contributed by atoms with Gasteiger partial charge in [-0.1, -0.05) is 0 Å². The standard InChI is InChI=1S/C7H11N3/c1-5-3-8-10-4-6(2)9-7(5)10/h3,6,9H,4H2,1-2H3. The van der Waals surface area contributed by atoms with Crippen LogP contribution in [0.4, 0.5) is 5.82 Å². The number of nitrogens with zero attached hydrogens (tertiary/aromatic N) is 2. The van der Waals surface area contributed by atoms with Crippen molar-refractivity contribution in [1.29, 1.82) is 0 Å². The highest BCUT2D eigenvalue weighted by Gasteiger charge is 2.18. The molecule has 1 atom stereocenters. The predicted octanol–water partition coefficient (Wildman–Crippen LogP) is 1.01. The number of rotatable bonds is 0. The molecule has 2 rings (SSSR count). The fourth-order valence-electron chi connectivity index (χ4n) is 1.34. The third-order valence-electron chi connectivity index (χ3n) is 1.85. The van der Waals surface area contributed by atoms with Crippen molar-refractivity contribution in [2.75, 3.05) is 5.32 Å². The van der Waals surface area contributed by atoms with Gasteiger partial charge in [-0.05, 0) is 13.8 Å². The summed E-state index contributed by atoms with van der Waals surface area (Å²) < 4.78 is 2.01. The first kappa shape index (κ1) is 5.77. The molecule has 3 nitrogen and oxygen atoms in total. The van der Waals surface area contributed by atoms with E-state index in [1.165, 1.54) is 11.4 Å². The van der Waals surface area contributed by atoms with Gasteiger partial charge in [0.1, 0.15) is 5.82 Å². The molecule has 0 aromatic carbocycles. The number of hydrogen-bond acceptors (Lipinski definition) is 2. The van der Waals surface area contributed by atoms with Crippen LogP contribution in [0.15, 0.2) is 6.20 Å². The lowest BCUT2D eigenvalue weighted by Crippen LogP contribution is -2.10. The zero-order chi connectivity index (χ0) is 7.14. The maximum atomic E-state index is 4.20. The van der Waals surface area contributed by atoms with Crippen LogP contribution in [0.2, 0.25) is 0 Å². The normalized spacial score (nSPS) is 22.4. The third kappa shape index (κ3) is 0.632. The van der Waals surface area contributed by atoms with Gasteiger partial charge in [0.05, 0.1) is 12.7 Å². The Morgan fingerprint density at radius 2 is 2.60 bits per heavy atom. The van der Waals surface area contributed by atoms with E-state index < -0.39 is 0 Å². The number of anilines is 1. The van der Waals surface area contributed by atoms with Crippen molar-refractivity contribution < 1.29 is 0 Å². The summed E-state index contributed by atoms with van der Waals surface area (Å²) in [5.74, 6) is 1.19. The summed E-state index contributed by atoms with van der Waals surface area (Å²) in [6.45, 7) is 5.24. The number of nitrogens with one attached hydrogen (secondary N) is 1. The second-order valence-electron chi connectivity index (χ2n) is 2.90. The van der Waals surface area contributed by atoms with Gasteiger partial charge in [-0.2, -0.15) is 5.10 Å². The van der Waals surface area contributed by atoms with Crippen LogP contribution < -0.4 is 5.32 Å². The summed E-state index contributed by atoms with van der Waals surface area (Å²) in [6.07, 6.45) is 1.90. The van der Waals surface area contributed by atoms with Gasteiger partial charge in [0, 0.05) is 11.6 Å². The molecule has 0 radical (unpaired) electrons. The Morgan fingerprint density at radius 3 is 3.30 bits per heavy atom. The van der Waals surface area contributed by atoms with E-state index in [2.05, 4.69) is 24.3 Å². The van der Waals surface area contributed by atoms with E-state index in [0.29, 0.717) is 6.04 Å². The minimum absolute atomic E-state index is 0.544. The maximum Gasteiger partial charge on any atom is 0.127 e. The SMILES string of the molecule is Cc1cnn2c1NC(C)C2. The molecule has 1 aromatic heterocycles. The highest BCUT2D eigenvalue weighted by Crippen LogP contribution is 2.20. The summed E-state index contributed by atoms with van der Waals surface area (Å²) in [5.41, 5.74) is 1.24. The smallest absolute Gasteiger partial charge is 0.127 e. The van der Waals surface area contributed by atoms with Crippen LogP contribution >= 0.6 is 0 Å². The molecule has 1 N–H and O–H groups in total. The van der Waals surface area contributed by atoms with Gasteiger partial charge in [-0.3, -0.25) is 0 Å². The molecule has 0 spiro atoms. The lowest BCUT2D eigenvalue weighted by atomic mass is 10.3. The molecule has 0 bridgehead atoms. The lowest BCUT2D eigenvalue weighted by molar-refractivity contribution is 0.625. The van der Waals surface area contributed by atoms with Crippen LogP contribution in [0.3, 0.4) is 0 Å². The average molecular weight is 137 g/mol. The number of aryl methyl sites for hydroxylation is 1. The Labute approximate surface area is 60.0 Å². The molecule has 0 saturated carbocycles. The first-order valence-electron chi connectivity index (χ1n) is 3.56. The molecule has 0 fully saturated rings. The van der Waals surface area contributed by atoms with Crippen LogP contribution in [0, 0.1) is 6.92 Å². The quantitative estimate of drug-likeness (QED) is 0.578. The van der Waals surface area contributed by atoms with Crippen LogP contribution in [0.25, 0.3) is 0 Å². The Bertz CT molecular complexity index is 251. The molecule has 3 heteroatoms. The first-order valence-corrected chi connectivity index (χ1v) is 3.56. The zero-order valence-corrected chi connectivity index (χ0v) is 6.26. The second-order valence-corrected chi connectivity index (χ2v) is 2.90. The number of fused-ring (bicyclic) bond motifs is 1. The molecule has 1 aliphatic rings.